The van der Waals surface area contributed by atoms with E-state index >= 15 is 0 Å². The summed E-state index contributed by atoms with van der Waals surface area (Å²) in [5, 5.41) is 0. The van der Waals surface area contributed by atoms with Gasteiger partial charge in [0.05, 0.1) is 18.1 Å². The van der Waals surface area contributed by atoms with Gasteiger partial charge in [0.1, 0.15) is 11.3 Å². The monoisotopic (exact) mass is 316 g/mol. The quantitative estimate of drug-likeness (QED) is 0.939. The van der Waals surface area contributed by atoms with Crippen LogP contribution in [0.15, 0.2) is 39.7 Å². The zero-order valence-corrected chi connectivity index (χ0v) is 13.1. The number of H-pyrrole nitrogens is 1. The number of amides is 1. The minimum absolute atomic E-state index is 0.0548. The van der Waals surface area contributed by atoms with Crippen LogP contribution in [0.2, 0.25) is 0 Å². The lowest BCUT2D eigenvalue weighted by atomic mass is 10.1. The lowest BCUT2D eigenvalue weighted by Crippen LogP contribution is -2.44. The summed E-state index contributed by atoms with van der Waals surface area (Å²) < 4.78 is 10.9. The van der Waals surface area contributed by atoms with Gasteiger partial charge in [-0.05, 0) is 44.0 Å². The number of aromatic nitrogens is 1. The maximum absolute atomic E-state index is 12.6. The van der Waals surface area contributed by atoms with Crippen LogP contribution in [-0.2, 0) is 4.74 Å². The molecule has 1 amide bonds. The number of carbonyl (C=O) groups is 1. The van der Waals surface area contributed by atoms with Gasteiger partial charge < -0.3 is 19.0 Å². The summed E-state index contributed by atoms with van der Waals surface area (Å²) in [6, 6.07) is 6.75. The lowest BCUT2D eigenvalue weighted by Gasteiger charge is -2.32. The molecule has 1 saturated heterocycles. The highest BCUT2D eigenvalue weighted by atomic mass is 16.5. The van der Waals surface area contributed by atoms with Gasteiger partial charge in [0.15, 0.2) is 0 Å². The first kappa shape index (κ1) is 15.6. The fourth-order valence-electron chi connectivity index (χ4n) is 2.88. The standard InChI is InChI=1S/C17H20N2O4/c1-2-22-12-5-3-9-19(11-12)17(21)13-7-8-14(18-16(13)20)15-6-4-10-23-15/h4,6-8,10,12H,2-3,5,9,11H2,1H3,(H,18,20). The van der Waals surface area contributed by atoms with Crippen LogP contribution < -0.4 is 5.56 Å². The van der Waals surface area contributed by atoms with Gasteiger partial charge in [0.2, 0.25) is 0 Å². The zero-order valence-electron chi connectivity index (χ0n) is 13.1. The number of pyridine rings is 1. The van der Waals surface area contributed by atoms with Crippen LogP contribution in [-0.4, -0.2) is 41.6 Å². The topological polar surface area (TPSA) is 75.5 Å². The van der Waals surface area contributed by atoms with Crippen LogP contribution in [0.1, 0.15) is 30.1 Å². The zero-order chi connectivity index (χ0) is 16.2. The summed E-state index contributed by atoms with van der Waals surface area (Å²) in [6.07, 6.45) is 3.43. The third kappa shape index (κ3) is 3.37. The van der Waals surface area contributed by atoms with Crippen molar-refractivity contribution in [2.45, 2.75) is 25.9 Å². The third-order valence-electron chi connectivity index (χ3n) is 3.99. The normalized spacial score (nSPS) is 18.1. The second-order valence-corrected chi connectivity index (χ2v) is 5.56. The van der Waals surface area contributed by atoms with Crippen molar-refractivity contribution < 1.29 is 13.9 Å². The molecule has 0 bridgehead atoms. The Labute approximate surface area is 134 Å². The Balaban J connectivity index is 1.78. The number of piperidine rings is 1. The van der Waals surface area contributed by atoms with Crippen molar-refractivity contribution in [2.24, 2.45) is 0 Å². The minimum Gasteiger partial charge on any atom is -0.463 e. The second kappa shape index (κ2) is 6.83. The molecule has 2 aromatic rings. The molecule has 1 unspecified atom stereocenters. The first-order chi connectivity index (χ1) is 11.2. The Kier molecular flexibility index (Phi) is 4.62. The summed E-state index contributed by atoms with van der Waals surface area (Å²) >= 11 is 0. The summed E-state index contributed by atoms with van der Waals surface area (Å²) in [5.41, 5.74) is 0.308. The van der Waals surface area contributed by atoms with Gasteiger partial charge >= 0.3 is 0 Å². The molecule has 1 fully saturated rings. The molecule has 0 saturated carbocycles. The first-order valence-corrected chi connectivity index (χ1v) is 7.87. The van der Waals surface area contributed by atoms with Crippen molar-refractivity contribution in [3.05, 3.63) is 46.4 Å². The summed E-state index contributed by atoms with van der Waals surface area (Å²) in [4.78, 5) is 29.2. The van der Waals surface area contributed by atoms with Crippen molar-refractivity contribution >= 4 is 5.91 Å². The maximum atomic E-state index is 12.6. The number of aromatic amines is 1. The van der Waals surface area contributed by atoms with Crippen molar-refractivity contribution in [2.75, 3.05) is 19.7 Å². The number of nitrogens with zero attached hydrogens (tertiary/aromatic N) is 1. The molecule has 2 aromatic heterocycles. The number of nitrogens with one attached hydrogen (secondary N) is 1. The molecule has 6 nitrogen and oxygen atoms in total. The van der Waals surface area contributed by atoms with Gasteiger partial charge in [-0.1, -0.05) is 0 Å². The van der Waals surface area contributed by atoms with E-state index in [9.17, 15) is 9.59 Å². The predicted octanol–water partition coefficient (Wildman–Crippen LogP) is 2.28. The third-order valence-corrected chi connectivity index (χ3v) is 3.99. The Morgan fingerprint density at radius 2 is 2.30 bits per heavy atom. The van der Waals surface area contributed by atoms with Crippen LogP contribution in [0, 0.1) is 0 Å². The molecular weight excluding hydrogens is 296 g/mol. The molecule has 0 radical (unpaired) electrons. The van der Waals surface area contributed by atoms with Gasteiger partial charge in [-0.3, -0.25) is 9.59 Å². The molecular formula is C17H20N2O4. The van der Waals surface area contributed by atoms with E-state index < -0.39 is 5.56 Å². The second-order valence-electron chi connectivity index (χ2n) is 5.56. The van der Waals surface area contributed by atoms with Crippen LogP contribution in [0.5, 0.6) is 0 Å². The van der Waals surface area contributed by atoms with Crippen LogP contribution >= 0.6 is 0 Å². The van der Waals surface area contributed by atoms with E-state index in [4.69, 9.17) is 9.15 Å². The van der Waals surface area contributed by atoms with Crippen molar-refractivity contribution in [3.8, 4) is 11.5 Å². The average molecular weight is 316 g/mol. The number of likely N-dealkylation sites (tertiary alicyclic amines) is 1. The first-order valence-electron chi connectivity index (χ1n) is 7.87. The highest BCUT2D eigenvalue weighted by Crippen LogP contribution is 2.18. The van der Waals surface area contributed by atoms with E-state index in [1.54, 1.807) is 29.2 Å². The minimum atomic E-state index is -0.401. The molecule has 3 rings (SSSR count). The number of carbonyl (C=O) groups excluding carboxylic acids is 1. The molecule has 1 aliphatic heterocycles. The van der Waals surface area contributed by atoms with E-state index in [1.165, 1.54) is 6.26 Å². The van der Waals surface area contributed by atoms with Crippen LogP contribution in [0.25, 0.3) is 11.5 Å². The van der Waals surface area contributed by atoms with Gasteiger partial charge in [-0.25, -0.2) is 0 Å². The van der Waals surface area contributed by atoms with Gasteiger partial charge in [-0.2, -0.15) is 0 Å². The highest BCUT2D eigenvalue weighted by molar-refractivity contribution is 5.94. The number of furan rings is 1. The molecule has 1 atom stereocenters. The van der Waals surface area contributed by atoms with E-state index in [0.29, 0.717) is 31.2 Å². The van der Waals surface area contributed by atoms with E-state index in [-0.39, 0.29) is 17.6 Å². The molecule has 1 aliphatic rings. The van der Waals surface area contributed by atoms with Gasteiger partial charge in [-0.15, -0.1) is 0 Å². The summed E-state index contributed by atoms with van der Waals surface area (Å²) in [7, 11) is 0. The van der Waals surface area contributed by atoms with Crippen LogP contribution in [0.3, 0.4) is 0 Å². The summed E-state index contributed by atoms with van der Waals surface area (Å²) in [5.74, 6) is 0.317. The molecule has 3 heterocycles. The molecule has 0 aliphatic carbocycles. The predicted molar refractivity (Wildman–Crippen MR) is 85.3 cm³/mol. The number of hydrogen-bond donors (Lipinski definition) is 1. The fourth-order valence-corrected chi connectivity index (χ4v) is 2.88. The highest BCUT2D eigenvalue weighted by Gasteiger charge is 2.26. The number of ether oxygens (including phenoxy) is 1. The van der Waals surface area contributed by atoms with Gasteiger partial charge in [0.25, 0.3) is 11.5 Å². The number of hydrogen-bond acceptors (Lipinski definition) is 4. The largest absolute Gasteiger partial charge is 0.463 e. The summed E-state index contributed by atoms with van der Waals surface area (Å²) in [6.45, 7) is 3.76. The molecule has 122 valence electrons. The van der Waals surface area contributed by atoms with E-state index in [2.05, 4.69) is 4.98 Å². The molecule has 23 heavy (non-hydrogen) atoms. The fraction of sp³-hybridized carbons (Fsp3) is 0.412. The van der Waals surface area contributed by atoms with Crippen molar-refractivity contribution in [1.82, 2.24) is 9.88 Å². The molecule has 0 aromatic carbocycles. The van der Waals surface area contributed by atoms with Gasteiger partial charge in [0, 0.05) is 19.7 Å². The van der Waals surface area contributed by atoms with Crippen LogP contribution in [0.4, 0.5) is 0 Å². The Hall–Kier alpha value is -2.34. The van der Waals surface area contributed by atoms with Crippen molar-refractivity contribution in [3.63, 3.8) is 0 Å². The smallest absolute Gasteiger partial charge is 0.261 e. The van der Waals surface area contributed by atoms with Crippen molar-refractivity contribution in [1.29, 1.82) is 0 Å². The Morgan fingerprint density at radius 3 is 3.00 bits per heavy atom. The lowest BCUT2D eigenvalue weighted by molar-refractivity contribution is 0.00718. The molecule has 6 heteroatoms. The van der Waals surface area contributed by atoms with E-state index in [0.717, 1.165) is 12.8 Å². The molecule has 1 N–H and O–H groups in total. The Bertz CT molecular complexity index is 718. The Morgan fingerprint density at radius 1 is 1.43 bits per heavy atom. The molecule has 0 spiro atoms. The SMILES string of the molecule is CCOC1CCCN(C(=O)c2ccc(-c3ccco3)[nH]c2=O)C1. The maximum Gasteiger partial charge on any atom is 0.261 e. The van der Waals surface area contributed by atoms with E-state index in [1.807, 2.05) is 6.92 Å². The number of rotatable bonds is 4. The average Bonchev–Trinajstić information content (AvgIpc) is 3.09.